The molecule has 0 aromatic heterocycles. The first-order chi connectivity index (χ1) is 15.2. The van der Waals surface area contributed by atoms with E-state index in [2.05, 4.69) is 4.90 Å². The van der Waals surface area contributed by atoms with Gasteiger partial charge in [0.1, 0.15) is 5.75 Å². The van der Waals surface area contributed by atoms with Crippen LogP contribution in [-0.4, -0.2) is 67.6 Å². The summed E-state index contributed by atoms with van der Waals surface area (Å²) in [6.45, 7) is 4.82. The van der Waals surface area contributed by atoms with Gasteiger partial charge in [-0.2, -0.15) is 0 Å². The molecule has 0 unspecified atom stereocenters. The van der Waals surface area contributed by atoms with Gasteiger partial charge in [-0.3, -0.25) is 9.59 Å². The minimum atomic E-state index is 0.0502. The van der Waals surface area contributed by atoms with Crippen molar-refractivity contribution in [3.05, 3.63) is 29.8 Å². The molecule has 0 bridgehead atoms. The van der Waals surface area contributed by atoms with Crippen LogP contribution >= 0.6 is 0 Å². The monoisotopic (exact) mass is 428 g/mol. The number of ether oxygens (including phenoxy) is 2. The summed E-state index contributed by atoms with van der Waals surface area (Å²) in [6, 6.07) is 7.44. The van der Waals surface area contributed by atoms with Gasteiger partial charge in [-0.1, -0.05) is 19.3 Å². The minimum absolute atomic E-state index is 0.0502. The Morgan fingerprint density at radius 3 is 2.32 bits per heavy atom. The van der Waals surface area contributed by atoms with E-state index in [0.29, 0.717) is 56.2 Å². The fourth-order valence-electron chi connectivity index (χ4n) is 5.05. The molecule has 3 aliphatic rings. The van der Waals surface area contributed by atoms with Crippen LogP contribution in [0.15, 0.2) is 24.3 Å². The number of likely N-dealkylation sites (tertiary alicyclic amines) is 1. The molecule has 31 heavy (non-hydrogen) atoms. The predicted molar refractivity (Wildman–Crippen MR) is 119 cm³/mol. The number of rotatable bonds is 6. The molecule has 0 spiro atoms. The van der Waals surface area contributed by atoms with E-state index in [1.54, 1.807) is 0 Å². The first-order valence-electron chi connectivity index (χ1n) is 12.1. The van der Waals surface area contributed by atoms with Gasteiger partial charge < -0.3 is 19.3 Å². The molecule has 1 saturated carbocycles. The maximum absolute atomic E-state index is 12.8. The van der Waals surface area contributed by atoms with Crippen molar-refractivity contribution in [1.29, 1.82) is 0 Å². The Morgan fingerprint density at radius 1 is 0.871 bits per heavy atom. The second-order valence-corrected chi connectivity index (χ2v) is 9.30. The zero-order chi connectivity index (χ0) is 21.5. The normalized spacial score (nSPS) is 22.9. The highest BCUT2D eigenvalue weighted by Crippen LogP contribution is 2.28. The summed E-state index contributed by atoms with van der Waals surface area (Å²) in [5.74, 6) is 2.14. The summed E-state index contributed by atoms with van der Waals surface area (Å²) in [6.07, 6.45) is 9.21. The van der Waals surface area contributed by atoms with Gasteiger partial charge in [0.15, 0.2) is 0 Å². The number of piperidine rings is 1. The average molecular weight is 429 g/mol. The van der Waals surface area contributed by atoms with Gasteiger partial charge in [0.25, 0.3) is 5.91 Å². The summed E-state index contributed by atoms with van der Waals surface area (Å²) >= 11 is 0. The van der Waals surface area contributed by atoms with Crippen LogP contribution in [0.2, 0.25) is 0 Å². The topological polar surface area (TPSA) is 59.1 Å². The SMILES string of the molecule is O=C(CC1CCCCC1)N1CCC[C@@H](COc2ccc(C(=O)N3CCOCC3)cc2)C1. The Hall–Kier alpha value is -2.08. The van der Waals surface area contributed by atoms with Gasteiger partial charge in [-0.05, 0) is 55.9 Å². The van der Waals surface area contributed by atoms with Crippen LogP contribution in [0.3, 0.4) is 0 Å². The molecule has 1 aromatic carbocycles. The predicted octanol–water partition coefficient (Wildman–Crippen LogP) is 3.75. The maximum atomic E-state index is 12.8. The van der Waals surface area contributed by atoms with Crippen molar-refractivity contribution in [1.82, 2.24) is 9.80 Å². The summed E-state index contributed by atoms with van der Waals surface area (Å²) in [5.41, 5.74) is 0.686. The van der Waals surface area contributed by atoms with E-state index in [0.717, 1.165) is 38.1 Å². The fourth-order valence-corrected chi connectivity index (χ4v) is 5.05. The standard InChI is InChI=1S/C25H36N2O4/c28-24(17-20-5-2-1-3-6-20)27-12-4-7-21(18-27)19-31-23-10-8-22(9-11-23)25(29)26-13-15-30-16-14-26/h8-11,20-21H,1-7,12-19H2/t21-/m1/s1. The average Bonchev–Trinajstić information content (AvgIpc) is 2.84. The number of morpholine rings is 1. The van der Waals surface area contributed by atoms with Gasteiger partial charge >= 0.3 is 0 Å². The molecule has 2 heterocycles. The summed E-state index contributed by atoms with van der Waals surface area (Å²) in [7, 11) is 0. The van der Waals surface area contributed by atoms with Gasteiger partial charge in [-0.15, -0.1) is 0 Å². The van der Waals surface area contributed by atoms with Crippen molar-refractivity contribution in [3.63, 3.8) is 0 Å². The quantitative estimate of drug-likeness (QED) is 0.693. The highest BCUT2D eigenvalue weighted by atomic mass is 16.5. The molecule has 2 saturated heterocycles. The zero-order valence-electron chi connectivity index (χ0n) is 18.6. The Labute approximate surface area is 185 Å². The smallest absolute Gasteiger partial charge is 0.254 e. The zero-order valence-corrected chi connectivity index (χ0v) is 18.6. The number of nitrogens with zero attached hydrogens (tertiary/aromatic N) is 2. The number of hydrogen-bond acceptors (Lipinski definition) is 4. The molecule has 6 nitrogen and oxygen atoms in total. The van der Waals surface area contributed by atoms with Crippen LogP contribution in [0, 0.1) is 11.8 Å². The third kappa shape index (κ3) is 6.22. The van der Waals surface area contributed by atoms with E-state index >= 15 is 0 Å². The van der Waals surface area contributed by atoms with Crippen LogP contribution in [0.1, 0.15) is 61.7 Å². The Kier molecular flexibility index (Phi) is 7.84. The van der Waals surface area contributed by atoms with E-state index in [-0.39, 0.29) is 5.91 Å². The van der Waals surface area contributed by atoms with E-state index < -0.39 is 0 Å². The van der Waals surface area contributed by atoms with Gasteiger partial charge in [-0.25, -0.2) is 0 Å². The molecule has 2 aliphatic heterocycles. The van der Waals surface area contributed by atoms with Crippen LogP contribution in [-0.2, 0) is 9.53 Å². The summed E-state index contributed by atoms with van der Waals surface area (Å²) in [5, 5.41) is 0. The number of carbonyl (C=O) groups excluding carboxylic acids is 2. The fraction of sp³-hybridized carbons (Fsp3) is 0.680. The number of amides is 2. The van der Waals surface area contributed by atoms with E-state index in [9.17, 15) is 9.59 Å². The first kappa shape index (κ1) is 22.1. The van der Waals surface area contributed by atoms with Crippen LogP contribution < -0.4 is 4.74 Å². The lowest BCUT2D eigenvalue weighted by atomic mass is 9.86. The van der Waals surface area contributed by atoms with Gasteiger partial charge in [0.05, 0.1) is 19.8 Å². The molecule has 0 radical (unpaired) electrons. The molecule has 1 aromatic rings. The highest BCUT2D eigenvalue weighted by molar-refractivity contribution is 5.94. The van der Waals surface area contributed by atoms with Crippen LogP contribution in [0.25, 0.3) is 0 Å². The molecule has 4 rings (SSSR count). The van der Waals surface area contributed by atoms with E-state index in [1.165, 1.54) is 32.1 Å². The molecule has 6 heteroatoms. The van der Waals surface area contributed by atoms with Crippen molar-refractivity contribution in [3.8, 4) is 5.75 Å². The largest absolute Gasteiger partial charge is 0.493 e. The minimum Gasteiger partial charge on any atom is -0.493 e. The Bertz CT molecular complexity index is 724. The summed E-state index contributed by atoms with van der Waals surface area (Å²) in [4.78, 5) is 29.2. The second kappa shape index (κ2) is 11.0. The Morgan fingerprint density at radius 2 is 1.58 bits per heavy atom. The van der Waals surface area contributed by atoms with Gasteiger partial charge in [0.2, 0.25) is 5.91 Å². The maximum Gasteiger partial charge on any atom is 0.254 e. The van der Waals surface area contributed by atoms with Crippen LogP contribution in [0.4, 0.5) is 0 Å². The van der Waals surface area contributed by atoms with Crippen molar-refractivity contribution in [2.75, 3.05) is 46.0 Å². The molecule has 0 N–H and O–H groups in total. The van der Waals surface area contributed by atoms with Crippen molar-refractivity contribution in [2.45, 2.75) is 51.4 Å². The van der Waals surface area contributed by atoms with E-state index in [4.69, 9.17) is 9.47 Å². The van der Waals surface area contributed by atoms with Crippen molar-refractivity contribution >= 4 is 11.8 Å². The van der Waals surface area contributed by atoms with Crippen molar-refractivity contribution < 1.29 is 19.1 Å². The highest BCUT2D eigenvalue weighted by Gasteiger charge is 2.26. The lowest BCUT2D eigenvalue weighted by molar-refractivity contribution is -0.134. The molecular weight excluding hydrogens is 392 g/mol. The molecule has 2 amide bonds. The molecule has 3 fully saturated rings. The molecule has 170 valence electrons. The first-order valence-corrected chi connectivity index (χ1v) is 12.1. The van der Waals surface area contributed by atoms with Crippen molar-refractivity contribution in [2.24, 2.45) is 11.8 Å². The van der Waals surface area contributed by atoms with E-state index in [1.807, 2.05) is 29.2 Å². The van der Waals surface area contributed by atoms with Crippen LogP contribution in [0.5, 0.6) is 5.75 Å². The third-order valence-corrected chi connectivity index (χ3v) is 6.95. The number of benzene rings is 1. The Balaban J connectivity index is 1.23. The summed E-state index contributed by atoms with van der Waals surface area (Å²) < 4.78 is 11.3. The lowest BCUT2D eigenvalue weighted by Gasteiger charge is -2.34. The van der Waals surface area contributed by atoms with Gasteiger partial charge in [0, 0.05) is 44.1 Å². The molecular formula is C25H36N2O4. The number of carbonyl (C=O) groups is 2. The third-order valence-electron chi connectivity index (χ3n) is 6.95. The molecule has 1 aliphatic carbocycles. The second-order valence-electron chi connectivity index (χ2n) is 9.30. The lowest BCUT2D eigenvalue weighted by Crippen LogP contribution is -2.42. The number of hydrogen-bond donors (Lipinski definition) is 0. The molecule has 1 atom stereocenters.